The summed E-state index contributed by atoms with van der Waals surface area (Å²) < 4.78 is 13.5. The van der Waals surface area contributed by atoms with Crippen molar-refractivity contribution < 1.29 is 14.3 Å². The molecule has 4 N–H and O–H groups in total. The molecular formula is C13H17FN2O2. The topological polar surface area (TPSA) is 75.4 Å². The molecule has 5 heteroatoms. The van der Waals surface area contributed by atoms with E-state index in [0.717, 1.165) is 18.9 Å². The van der Waals surface area contributed by atoms with Crippen LogP contribution in [0.15, 0.2) is 18.2 Å². The summed E-state index contributed by atoms with van der Waals surface area (Å²) in [4.78, 5) is 11.9. The van der Waals surface area contributed by atoms with E-state index < -0.39 is 11.7 Å². The van der Waals surface area contributed by atoms with Gasteiger partial charge in [0.25, 0.3) is 5.91 Å². The number of benzene rings is 1. The van der Waals surface area contributed by atoms with E-state index in [1.807, 2.05) is 0 Å². The minimum Gasteiger partial charge on any atom is -0.399 e. The predicted octanol–water partition coefficient (Wildman–Crippen LogP) is 1.44. The minimum atomic E-state index is -0.608. The number of amides is 1. The number of aliphatic hydroxyl groups is 1. The third-order valence-corrected chi connectivity index (χ3v) is 3.27. The number of halogens is 1. The van der Waals surface area contributed by atoms with E-state index in [9.17, 15) is 14.3 Å². The van der Waals surface area contributed by atoms with E-state index in [1.54, 1.807) is 0 Å². The van der Waals surface area contributed by atoms with E-state index in [0.29, 0.717) is 18.5 Å². The molecule has 98 valence electrons. The zero-order valence-corrected chi connectivity index (χ0v) is 10.0. The number of nitrogens with two attached hydrogens (primary N) is 1. The summed E-state index contributed by atoms with van der Waals surface area (Å²) >= 11 is 0. The van der Waals surface area contributed by atoms with Crippen LogP contribution < -0.4 is 11.1 Å². The molecule has 1 aliphatic carbocycles. The molecule has 1 aliphatic rings. The van der Waals surface area contributed by atoms with Gasteiger partial charge in [0, 0.05) is 11.7 Å². The molecule has 0 aromatic heterocycles. The van der Waals surface area contributed by atoms with Crippen molar-refractivity contribution in [1.82, 2.24) is 5.32 Å². The zero-order valence-electron chi connectivity index (χ0n) is 10.0. The fraction of sp³-hybridized carbons (Fsp3) is 0.462. The van der Waals surface area contributed by atoms with Crippen LogP contribution in [0.2, 0.25) is 0 Å². The van der Waals surface area contributed by atoms with Crippen molar-refractivity contribution in [3.8, 4) is 0 Å². The van der Waals surface area contributed by atoms with Crippen LogP contribution in [0, 0.1) is 5.82 Å². The Labute approximate surface area is 105 Å². The summed E-state index contributed by atoms with van der Waals surface area (Å²) in [6.07, 6.45) is 2.53. The third-order valence-electron chi connectivity index (χ3n) is 3.27. The Balaban J connectivity index is 1.99. The molecule has 0 radical (unpaired) electrons. The molecule has 4 nitrogen and oxygen atoms in total. The highest BCUT2D eigenvalue weighted by molar-refractivity contribution is 5.95. The number of rotatable bonds is 2. The number of nitrogen functional groups attached to an aromatic ring is 1. The molecule has 1 aromatic carbocycles. The molecule has 2 rings (SSSR count). The number of hydrogen-bond acceptors (Lipinski definition) is 3. The average Bonchev–Trinajstić information content (AvgIpc) is 2.32. The number of carbonyl (C=O) groups excluding carboxylic acids is 1. The van der Waals surface area contributed by atoms with Gasteiger partial charge >= 0.3 is 0 Å². The van der Waals surface area contributed by atoms with Crippen LogP contribution in [0.5, 0.6) is 0 Å². The first kappa shape index (κ1) is 12.8. The van der Waals surface area contributed by atoms with Crippen molar-refractivity contribution in [3.05, 3.63) is 29.6 Å². The second-order valence-corrected chi connectivity index (χ2v) is 4.72. The van der Waals surface area contributed by atoms with E-state index in [-0.39, 0.29) is 17.7 Å². The van der Waals surface area contributed by atoms with Gasteiger partial charge in [-0.1, -0.05) is 0 Å². The van der Waals surface area contributed by atoms with Gasteiger partial charge in [-0.25, -0.2) is 4.39 Å². The Hall–Kier alpha value is -1.62. The summed E-state index contributed by atoms with van der Waals surface area (Å²) in [6.45, 7) is 0. The summed E-state index contributed by atoms with van der Waals surface area (Å²) in [6, 6.07) is 4.04. The predicted molar refractivity (Wildman–Crippen MR) is 66.5 cm³/mol. The molecule has 0 saturated heterocycles. The van der Waals surface area contributed by atoms with E-state index in [2.05, 4.69) is 5.32 Å². The number of hydrogen-bond donors (Lipinski definition) is 3. The Morgan fingerprint density at radius 3 is 2.61 bits per heavy atom. The number of aliphatic hydroxyl groups excluding tert-OH is 1. The van der Waals surface area contributed by atoms with Crippen LogP contribution >= 0.6 is 0 Å². The van der Waals surface area contributed by atoms with E-state index in [4.69, 9.17) is 5.73 Å². The molecule has 0 unspecified atom stereocenters. The first-order valence-corrected chi connectivity index (χ1v) is 6.10. The lowest BCUT2D eigenvalue weighted by Gasteiger charge is -2.26. The third kappa shape index (κ3) is 2.98. The molecular weight excluding hydrogens is 235 g/mol. The maximum Gasteiger partial charge on any atom is 0.254 e. The fourth-order valence-electron chi connectivity index (χ4n) is 2.20. The lowest BCUT2D eigenvalue weighted by molar-refractivity contribution is 0.0864. The van der Waals surface area contributed by atoms with Gasteiger partial charge in [-0.3, -0.25) is 4.79 Å². The van der Waals surface area contributed by atoms with Gasteiger partial charge < -0.3 is 16.2 Å². The molecule has 0 atom stereocenters. The SMILES string of the molecule is Nc1ccc(C(=O)NC2CCC(O)CC2)c(F)c1. The van der Waals surface area contributed by atoms with E-state index in [1.165, 1.54) is 12.1 Å². The lowest BCUT2D eigenvalue weighted by atomic mass is 9.93. The van der Waals surface area contributed by atoms with Gasteiger partial charge in [0.15, 0.2) is 0 Å². The van der Waals surface area contributed by atoms with Crippen molar-refractivity contribution in [3.63, 3.8) is 0 Å². The molecule has 1 fully saturated rings. The largest absolute Gasteiger partial charge is 0.399 e. The first-order valence-electron chi connectivity index (χ1n) is 6.10. The Kier molecular flexibility index (Phi) is 3.81. The maximum absolute atomic E-state index is 13.5. The monoisotopic (exact) mass is 252 g/mol. The molecule has 0 spiro atoms. The molecule has 1 amide bonds. The van der Waals surface area contributed by atoms with Crippen LogP contribution in [0.1, 0.15) is 36.0 Å². The van der Waals surface area contributed by atoms with Gasteiger partial charge in [-0.15, -0.1) is 0 Å². The molecule has 1 saturated carbocycles. The normalized spacial score (nSPS) is 23.7. The van der Waals surface area contributed by atoms with Gasteiger partial charge in [0.1, 0.15) is 5.82 Å². The van der Waals surface area contributed by atoms with Crippen LogP contribution in [0.25, 0.3) is 0 Å². The molecule has 1 aromatic rings. The summed E-state index contributed by atoms with van der Waals surface area (Å²) in [5, 5.41) is 12.2. The van der Waals surface area contributed by atoms with Gasteiger partial charge in [-0.05, 0) is 43.9 Å². The molecule has 0 heterocycles. The highest BCUT2D eigenvalue weighted by Gasteiger charge is 2.22. The van der Waals surface area contributed by atoms with Gasteiger partial charge in [-0.2, -0.15) is 0 Å². The van der Waals surface area contributed by atoms with Crippen LogP contribution in [0.4, 0.5) is 10.1 Å². The van der Waals surface area contributed by atoms with Gasteiger partial charge in [0.05, 0.1) is 11.7 Å². The van der Waals surface area contributed by atoms with Crippen molar-refractivity contribution in [2.75, 3.05) is 5.73 Å². The smallest absolute Gasteiger partial charge is 0.254 e. The van der Waals surface area contributed by atoms with Crippen molar-refractivity contribution >= 4 is 11.6 Å². The van der Waals surface area contributed by atoms with Crippen LogP contribution in [-0.4, -0.2) is 23.2 Å². The van der Waals surface area contributed by atoms with Crippen LogP contribution in [-0.2, 0) is 0 Å². The average molecular weight is 252 g/mol. The van der Waals surface area contributed by atoms with Crippen LogP contribution in [0.3, 0.4) is 0 Å². The lowest BCUT2D eigenvalue weighted by Crippen LogP contribution is -2.38. The van der Waals surface area contributed by atoms with Crippen molar-refractivity contribution in [2.24, 2.45) is 0 Å². The van der Waals surface area contributed by atoms with Crippen molar-refractivity contribution in [1.29, 1.82) is 0 Å². The van der Waals surface area contributed by atoms with Crippen molar-refractivity contribution in [2.45, 2.75) is 37.8 Å². The number of nitrogens with one attached hydrogen (secondary N) is 1. The molecule has 0 bridgehead atoms. The van der Waals surface area contributed by atoms with Gasteiger partial charge in [0.2, 0.25) is 0 Å². The second kappa shape index (κ2) is 5.35. The number of carbonyl (C=O) groups is 1. The second-order valence-electron chi connectivity index (χ2n) is 4.72. The maximum atomic E-state index is 13.5. The Morgan fingerprint density at radius 2 is 2.00 bits per heavy atom. The summed E-state index contributed by atoms with van der Waals surface area (Å²) in [5.74, 6) is -1.03. The Bertz CT molecular complexity index is 443. The summed E-state index contributed by atoms with van der Waals surface area (Å²) in [7, 11) is 0. The number of anilines is 1. The zero-order chi connectivity index (χ0) is 13.1. The molecule has 18 heavy (non-hydrogen) atoms. The quantitative estimate of drug-likeness (QED) is 0.697. The minimum absolute atomic E-state index is 0.00956. The van der Waals surface area contributed by atoms with E-state index >= 15 is 0 Å². The standard InChI is InChI=1S/C13H17FN2O2/c14-12-7-8(15)1-6-11(12)13(18)16-9-2-4-10(17)5-3-9/h1,6-7,9-10,17H,2-5,15H2,(H,16,18). The first-order chi connectivity index (χ1) is 8.56. The molecule has 0 aliphatic heterocycles. The summed E-state index contributed by atoms with van der Waals surface area (Å²) in [5.41, 5.74) is 5.73. The Morgan fingerprint density at radius 1 is 1.33 bits per heavy atom. The fourth-order valence-corrected chi connectivity index (χ4v) is 2.20. The highest BCUT2D eigenvalue weighted by atomic mass is 19.1. The highest BCUT2D eigenvalue weighted by Crippen LogP contribution is 2.19.